The summed E-state index contributed by atoms with van der Waals surface area (Å²) in [6.45, 7) is 2.86. The molecule has 3 atom stereocenters. The molecule has 3 aromatic carbocycles. The van der Waals surface area contributed by atoms with Crippen molar-refractivity contribution in [2.45, 2.75) is 57.6 Å². The number of para-hydroxylation sites is 1. The van der Waals surface area contributed by atoms with Gasteiger partial charge >= 0.3 is 0 Å². The Balaban J connectivity index is 1.35. The maximum absolute atomic E-state index is 13.8. The Kier molecular flexibility index (Phi) is 8.40. The maximum atomic E-state index is 13.8. The van der Waals surface area contributed by atoms with Crippen molar-refractivity contribution in [2.75, 3.05) is 16.6 Å². The molecule has 0 radical (unpaired) electrons. The Labute approximate surface area is 233 Å². The van der Waals surface area contributed by atoms with E-state index in [4.69, 9.17) is 9.57 Å². The van der Waals surface area contributed by atoms with Crippen LogP contribution in [0.4, 0.5) is 17.1 Å². The third kappa shape index (κ3) is 5.56. The third-order valence-electron chi connectivity index (χ3n) is 7.43. The fourth-order valence-electron chi connectivity index (χ4n) is 5.36. The molecule has 3 aromatic rings. The van der Waals surface area contributed by atoms with E-state index in [0.29, 0.717) is 6.61 Å². The molecule has 9 heteroatoms. The molecule has 0 bridgehead atoms. The van der Waals surface area contributed by atoms with Crippen molar-refractivity contribution >= 4 is 28.9 Å². The molecular weight excluding hydrogens is 510 g/mol. The molecule has 2 saturated heterocycles. The van der Waals surface area contributed by atoms with Crippen LogP contribution >= 0.6 is 0 Å². The number of nitro benzene ring substituents is 1. The number of hydroxylamine groups is 1. The molecule has 40 heavy (non-hydrogen) atoms. The predicted octanol–water partition coefficient (Wildman–Crippen LogP) is 6.39. The van der Waals surface area contributed by atoms with E-state index in [1.54, 1.807) is 5.06 Å². The molecule has 2 fully saturated rings. The molecule has 0 unspecified atom stereocenters. The predicted molar refractivity (Wildman–Crippen MR) is 151 cm³/mol. The van der Waals surface area contributed by atoms with E-state index in [2.05, 4.69) is 6.92 Å². The number of benzene rings is 3. The number of imide groups is 1. The Bertz CT molecular complexity index is 1330. The topological polar surface area (TPSA) is 102 Å². The first-order valence-electron chi connectivity index (χ1n) is 13.9. The highest BCUT2D eigenvalue weighted by Crippen LogP contribution is 2.47. The zero-order chi connectivity index (χ0) is 28.1. The highest BCUT2D eigenvalue weighted by atomic mass is 16.7. The standard InChI is InChI=1S/C31H33N3O6/c1-2-3-4-5-6-10-21-39-26-19-13-22(14-20-26)28-27-29(40-33(28)24-11-8-7-9-12-24)31(36)32(30(27)35)23-15-17-25(18-16-23)34(37)38/h7-9,11-20,27-29H,2-6,10,21H2,1H3/t27-,28+,29-/m0/s1. The number of anilines is 2. The van der Waals surface area contributed by atoms with E-state index in [-0.39, 0.29) is 11.4 Å². The van der Waals surface area contributed by atoms with Gasteiger partial charge in [0.1, 0.15) is 11.7 Å². The normalized spacial score (nSPS) is 20.2. The van der Waals surface area contributed by atoms with Gasteiger partial charge in [-0.2, -0.15) is 0 Å². The summed E-state index contributed by atoms with van der Waals surface area (Å²) < 4.78 is 5.95. The number of carbonyl (C=O) groups excluding carboxylic acids is 2. The van der Waals surface area contributed by atoms with Gasteiger partial charge in [-0.3, -0.25) is 24.5 Å². The zero-order valence-corrected chi connectivity index (χ0v) is 22.5. The van der Waals surface area contributed by atoms with E-state index in [0.717, 1.165) is 34.7 Å². The third-order valence-corrected chi connectivity index (χ3v) is 7.43. The van der Waals surface area contributed by atoms with Crippen LogP contribution in [0.1, 0.15) is 57.1 Å². The molecule has 0 aromatic heterocycles. The lowest BCUT2D eigenvalue weighted by Crippen LogP contribution is -2.37. The Morgan fingerprint density at radius 1 is 0.825 bits per heavy atom. The van der Waals surface area contributed by atoms with Crippen molar-refractivity contribution < 1.29 is 24.1 Å². The van der Waals surface area contributed by atoms with E-state index >= 15 is 0 Å². The van der Waals surface area contributed by atoms with Crippen molar-refractivity contribution in [3.63, 3.8) is 0 Å². The van der Waals surface area contributed by atoms with Crippen molar-refractivity contribution in [3.8, 4) is 5.75 Å². The first-order chi connectivity index (χ1) is 19.5. The lowest BCUT2D eigenvalue weighted by Gasteiger charge is -2.28. The number of amides is 2. The van der Waals surface area contributed by atoms with Crippen LogP contribution in [0.5, 0.6) is 5.75 Å². The molecular formula is C31H33N3O6. The van der Waals surface area contributed by atoms with Crippen molar-refractivity contribution in [1.29, 1.82) is 0 Å². The van der Waals surface area contributed by atoms with Crippen LogP contribution in [0.25, 0.3) is 0 Å². The summed E-state index contributed by atoms with van der Waals surface area (Å²) in [7, 11) is 0. The number of hydrogen-bond donors (Lipinski definition) is 0. The molecule has 0 aliphatic carbocycles. The van der Waals surface area contributed by atoms with Gasteiger partial charge in [0, 0.05) is 12.1 Å². The number of rotatable bonds is 12. The average Bonchev–Trinajstić information content (AvgIpc) is 3.49. The molecule has 2 aliphatic heterocycles. The Hall–Kier alpha value is -4.24. The van der Waals surface area contributed by atoms with Crippen molar-refractivity contribution in [1.82, 2.24) is 0 Å². The minimum absolute atomic E-state index is 0.119. The molecule has 0 N–H and O–H groups in total. The molecule has 208 valence electrons. The average molecular weight is 544 g/mol. The number of fused-ring (bicyclic) bond motifs is 1. The van der Waals surface area contributed by atoms with Crippen LogP contribution in [-0.4, -0.2) is 29.4 Å². The number of nitrogens with zero attached hydrogens (tertiary/aromatic N) is 3. The molecule has 2 aliphatic rings. The summed E-state index contributed by atoms with van der Waals surface area (Å²) in [6, 6.07) is 21.8. The second-order valence-electron chi connectivity index (χ2n) is 10.1. The maximum Gasteiger partial charge on any atom is 0.269 e. The summed E-state index contributed by atoms with van der Waals surface area (Å²) in [6.07, 6.45) is 6.12. The molecule has 0 saturated carbocycles. The fraction of sp³-hybridized carbons (Fsp3) is 0.355. The smallest absolute Gasteiger partial charge is 0.269 e. The fourth-order valence-corrected chi connectivity index (χ4v) is 5.36. The van der Waals surface area contributed by atoms with Gasteiger partial charge in [0.2, 0.25) is 5.91 Å². The molecule has 9 nitrogen and oxygen atoms in total. The van der Waals surface area contributed by atoms with Crippen LogP contribution in [0.2, 0.25) is 0 Å². The van der Waals surface area contributed by atoms with Gasteiger partial charge in [-0.05, 0) is 48.4 Å². The van der Waals surface area contributed by atoms with Gasteiger partial charge < -0.3 is 4.74 Å². The lowest BCUT2D eigenvalue weighted by atomic mass is 9.90. The van der Waals surface area contributed by atoms with Gasteiger partial charge in [-0.25, -0.2) is 9.96 Å². The van der Waals surface area contributed by atoms with Crippen LogP contribution < -0.4 is 14.7 Å². The number of non-ortho nitro benzene ring substituents is 1. The second kappa shape index (κ2) is 12.3. The minimum atomic E-state index is -1.02. The number of hydrogen-bond acceptors (Lipinski definition) is 7. The van der Waals surface area contributed by atoms with Gasteiger partial charge in [0.05, 0.1) is 28.9 Å². The van der Waals surface area contributed by atoms with Gasteiger partial charge in [0.25, 0.3) is 11.6 Å². The largest absolute Gasteiger partial charge is 0.494 e. The highest BCUT2D eigenvalue weighted by molar-refractivity contribution is 6.24. The van der Waals surface area contributed by atoms with Crippen LogP contribution in [0, 0.1) is 16.0 Å². The number of unbranched alkanes of at least 4 members (excludes halogenated alkanes) is 5. The minimum Gasteiger partial charge on any atom is -0.494 e. The Morgan fingerprint density at radius 3 is 2.17 bits per heavy atom. The van der Waals surface area contributed by atoms with Crippen molar-refractivity contribution in [3.05, 3.63) is 94.5 Å². The number of nitro groups is 1. The van der Waals surface area contributed by atoms with Crippen LogP contribution in [-0.2, 0) is 14.4 Å². The summed E-state index contributed by atoms with van der Waals surface area (Å²) in [5.74, 6) is -0.944. The molecule has 2 heterocycles. The van der Waals surface area contributed by atoms with E-state index in [1.807, 2.05) is 54.6 Å². The van der Waals surface area contributed by atoms with E-state index in [9.17, 15) is 19.7 Å². The van der Waals surface area contributed by atoms with Crippen LogP contribution in [0.15, 0.2) is 78.9 Å². The summed E-state index contributed by atoms with van der Waals surface area (Å²) >= 11 is 0. The molecule has 5 rings (SSSR count). The summed E-state index contributed by atoms with van der Waals surface area (Å²) in [5.41, 5.74) is 1.70. The van der Waals surface area contributed by atoms with Crippen LogP contribution in [0.3, 0.4) is 0 Å². The van der Waals surface area contributed by atoms with E-state index < -0.39 is 34.8 Å². The van der Waals surface area contributed by atoms with Crippen molar-refractivity contribution in [2.24, 2.45) is 5.92 Å². The van der Waals surface area contributed by atoms with Gasteiger partial charge in [0.15, 0.2) is 6.10 Å². The zero-order valence-electron chi connectivity index (χ0n) is 22.5. The quantitative estimate of drug-likeness (QED) is 0.113. The van der Waals surface area contributed by atoms with E-state index in [1.165, 1.54) is 49.9 Å². The first-order valence-corrected chi connectivity index (χ1v) is 13.9. The number of ether oxygens (including phenoxy) is 1. The molecule has 2 amide bonds. The highest BCUT2D eigenvalue weighted by Gasteiger charge is 2.60. The summed E-state index contributed by atoms with van der Waals surface area (Å²) in [4.78, 5) is 45.0. The van der Waals surface area contributed by atoms with Gasteiger partial charge in [-0.15, -0.1) is 0 Å². The number of carbonyl (C=O) groups is 2. The molecule has 0 spiro atoms. The second-order valence-corrected chi connectivity index (χ2v) is 10.1. The monoisotopic (exact) mass is 543 g/mol. The summed E-state index contributed by atoms with van der Waals surface area (Å²) in [5, 5.41) is 12.7. The first kappa shape index (κ1) is 27.3. The Morgan fingerprint density at radius 2 is 1.50 bits per heavy atom. The lowest BCUT2D eigenvalue weighted by molar-refractivity contribution is -0.384. The van der Waals surface area contributed by atoms with Gasteiger partial charge in [-0.1, -0.05) is 69.4 Å². The SMILES string of the molecule is CCCCCCCCOc1ccc([C@@H]2[C@@H]3C(=O)N(c4ccc([N+](=O)[O-])cc4)C(=O)[C@H]3ON2c2ccccc2)cc1.